The summed E-state index contributed by atoms with van der Waals surface area (Å²) in [7, 11) is -9.31. The molecule has 8 N–H and O–H groups in total. The van der Waals surface area contributed by atoms with Crippen molar-refractivity contribution in [2.24, 2.45) is 0 Å². The molecule has 0 amide bonds. The molecule has 0 atom stereocenters. The molecule has 13 heavy (non-hydrogen) atoms. The Morgan fingerprint density at radius 3 is 1.00 bits per heavy atom. The van der Waals surface area contributed by atoms with Gasteiger partial charge in [-0.05, 0) is 0 Å². The average molecular weight is 277 g/mol. The first kappa shape index (κ1) is 29.6. The van der Waals surface area contributed by atoms with E-state index in [1.54, 1.807) is 0 Å². The summed E-state index contributed by atoms with van der Waals surface area (Å²) in [6, 6.07) is 0. The third-order valence-electron chi connectivity index (χ3n) is 0. The van der Waals surface area contributed by atoms with Gasteiger partial charge in [0.2, 0.25) is 0 Å². The molecule has 9 nitrogen and oxygen atoms in total. The summed E-state index contributed by atoms with van der Waals surface area (Å²) in [6.07, 6.45) is 0. The first-order chi connectivity index (χ1) is 4.00. The second-order valence-electron chi connectivity index (χ2n) is 0.961. The Morgan fingerprint density at radius 1 is 1.00 bits per heavy atom. The van der Waals surface area contributed by atoms with Crippen LogP contribution in [0, 0.1) is 0 Å². The number of hydrogen-bond acceptors (Lipinski definition) is 4. The van der Waals surface area contributed by atoms with Crippen molar-refractivity contribution in [2.75, 3.05) is 0 Å². The molecule has 0 unspecified atom stereocenters. The van der Waals surface area contributed by atoms with Crippen LogP contribution in [0.1, 0.15) is 0 Å². The van der Waals surface area contributed by atoms with Crippen LogP contribution in [0.15, 0.2) is 0 Å². The third kappa shape index (κ3) is 347. The molecule has 0 rings (SSSR count). The second kappa shape index (κ2) is 12.6. The molecule has 13 heteroatoms. The van der Waals surface area contributed by atoms with E-state index in [0.29, 0.717) is 0 Å². The number of phosphoric acid groups is 1. The standard InChI is InChI=1S/K.H3N.Na.H3O4P.H2O4S.2H/c;;;2*1-5(2,3)4;;/h;1H3;;(H3,1,2,3,4);(H2,1,2,3,4);;. The van der Waals surface area contributed by atoms with Crippen LogP contribution < -0.4 is 6.15 Å². The SMILES string of the molecule is N.O=P(O)(O)O.O=S(=O)(O)O.[KH].[NaH]. The van der Waals surface area contributed by atoms with E-state index < -0.39 is 18.2 Å². The Hall–Kier alpha value is 2.58. The van der Waals surface area contributed by atoms with E-state index in [1.165, 1.54) is 0 Å². The third-order valence-corrected chi connectivity index (χ3v) is 0. The first-order valence-electron chi connectivity index (χ1n) is 1.48. The van der Waals surface area contributed by atoms with E-state index in [0.717, 1.165) is 0 Å². The summed E-state index contributed by atoms with van der Waals surface area (Å²) >= 11 is 0. The minimum atomic E-state index is -4.67. The Bertz CT molecular complexity index is 202. The summed E-state index contributed by atoms with van der Waals surface area (Å²) in [6.45, 7) is 0. The average Bonchev–Trinajstić information content (AvgIpc) is 1.12. The van der Waals surface area contributed by atoms with E-state index in [9.17, 15) is 0 Å². The summed E-state index contributed by atoms with van der Waals surface area (Å²) in [4.78, 5) is 21.6. The first-order valence-corrected chi connectivity index (χ1v) is 4.44. The van der Waals surface area contributed by atoms with Gasteiger partial charge in [-0.25, -0.2) is 4.57 Å². The maximum atomic E-state index is 8.88. The fourth-order valence-corrected chi connectivity index (χ4v) is 0. The fraction of sp³-hybridized carbons (Fsp3) is 0. The van der Waals surface area contributed by atoms with Crippen LogP contribution in [0.5, 0.6) is 0 Å². The van der Waals surface area contributed by atoms with E-state index in [1.807, 2.05) is 0 Å². The Kier molecular flexibility index (Phi) is 28.8. The predicted molar refractivity (Wildman–Crippen MR) is 47.8 cm³/mol. The molecule has 0 saturated heterocycles. The van der Waals surface area contributed by atoms with E-state index in [2.05, 4.69) is 0 Å². The van der Waals surface area contributed by atoms with Gasteiger partial charge >= 0.3 is 99.2 Å². The van der Waals surface area contributed by atoms with Gasteiger partial charge in [0.05, 0.1) is 0 Å². The van der Waals surface area contributed by atoms with Crippen LogP contribution in [0.4, 0.5) is 0 Å². The molecule has 76 valence electrons. The molecule has 0 aromatic carbocycles. The Balaban J connectivity index is -0.0000000267. The second-order valence-corrected chi connectivity index (χ2v) is 2.88. The van der Waals surface area contributed by atoms with Gasteiger partial charge in [-0.15, -0.1) is 0 Å². The quantitative estimate of drug-likeness (QED) is 0.155. The zero-order valence-corrected chi connectivity index (χ0v) is 6.73. The van der Waals surface area contributed by atoms with Crippen molar-refractivity contribution in [3.63, 3.8) is 0 Å². The monoisotopic (exact) mass is 277 g/mol. The van der Waals surface area contributed by atoms with Gasteiger partial charge < -0.3 is 20.8 Å². The molecule has 0 aliphatic heterocycles. The topological polar surface area (TPSA) is 187 Å². The van der Waals surface area contributed by atoms with Gasteiger partial charge in [0.25, 0.3) is 0 Å². The summed E-state index contributed by atoms with van der Waals surface area (Å²) < 4.78 is 40.5. The van der Waals surface area contributed by atoms with Crippen molar-refractivity contribution in [1.29, 1.82) is 0 Å². The molecular weight excluding hydrogens is 267 g/mol. The van der Waals surface area contributed by atoms with Gasteiger partial charge in [0.15, 0.2) is 0 Å². The molecule has 0 aliphatic rings. The number of rotatable bonds is 0. The molecule has 0 bridgehead atoms. The van der Waals surface area contributed by atoms with Gasteiger partial charge in [0.1, 0.15) is 0 Å². The molecular formula is H10KNNaO8PS. The molecule has 0 aromatic rings. The van der Waals surface area contributed by atoms with E-state index in [-0.39, 0.29) is 87.1 Å². The summed E-state index contributed by atoms with van der Waals surface area (Å²) in [5.74, 6) is 0. The molecule has 0 aliphatic carbocycles. The minimum absolute atomic E-state index is 0. The van der Waals surface area contributed by atoms with Crippen molar-refractivity contribution in [2.45, 2.75) is 0 Å². The predicted octanol–water partition coefficient (Wildman–Crippen LogP) is -2.72. The van der Waals surface area contributed by atoms with Crippen LogP contribution in [0.3, 0.4) is 0 Å². The zero-order valence-electron chi connectivity index (χ0n) is 5.02. The van der Waals surface area contributed by atoms with Gasteiger partial charge in [-0.3, -0.25) is 9.11 Å². The van der Waals surface area contributed by atoms with Crippen molar-refractivity contribution < 1.29 is 36.8 Å². The van der Waals surface area contributed by atoms with E-state index >= 15 is 0 Å². The Labute approximate surface area is 139 Å². The molecule has 0 heterocycles. The van der Waals surface area contributed by atoms with Gasteiger partial charge in [0, 0.05) is 0 Å². The van der Waals surface area contributed by atoms with Crippen LogP contribution in [-0.4, -0.2) is 113 Å². The fourth-order valence-electron chi connectivity index (χ4n) is 0. The van der Waals surface area contributed by atoms with Crippen molar-refractivity contribution in [3.05, 3.63) is 0 Å². The van der Waals surface area contributed by atoms with Crippen molar-refractivity contribution >= 4 is 99.2 Å². The molecule has 0 fully saturated rings. The summed E-state index contributed by atoms with van der Waals surface area (Å²) in [5, 5.41) is 0. The van der Waals surface area contributed by atoms with Crippen LogP contribution >= 0.6 is 7.82 Å². The maximum absolute atomic E-state index is 8.88. The van der Waals surface area contributed by atoms with Gasteiger partial charge in [-0.2, -0.15) is 8.42 Å². The molecule has 0 saturated carbocycles. The summed E-state index contributed by atoms with van der Waals surface area (Å²) in [5.41, 5.74) is 0. The Morgan fingerprint density at radius 2 is 1.00 bits per heavy atom. The molecule has 0 aromatic heterocycles. The van der Waals surface area contributed by atoms with Crippen LogP contribution in [0.2, 0.25) is 0 Å². The molecule has 0 radical (unpaired) electrons. The van der Waals surface area contributed by atoms with Gasteiger partial charge in [-0.1, -0.05) is 0 Å². The normalized spacial score (nSPS) is 9.00. The van der Waals surface area contributed by atoms with E-state index in [4.69, 9.17) is 36.8 Å². The zero-order chi connectivity index (χ0) is 9.00. The van der Waals surface area contributed by atoms with Crippen molar-refractivity contribution in [1.82, 2.24) is 6.15 Å². The molecule has 0 spiro atoms. The van der Waals surface area contributed by atoms with Crippen LogP contribution in [0.25, 0.3) is 0 Å². The van der Waals surface area contributed by atoms with Crippen LogP contribution in [-0.2, 0) is 15.0 Å². The number of hydrogen-bond donors (Lipinski definition) is 6. The van der Waals surface area contributed by atoms with Crippen molar-refractivity contribution in [3.8, 4) is 0 Å².